The standard InChI is InChI=1S/C20H28O3/c1-2-3-4-5-6-7-8-9-13-16-19-18(21)15-12-10-11-14-17-20(22)23-19/h3-4,6-10,12-13,16,18-19,21H,2,5,11,14-15,17H2,1H3/b4-3-,7-6+,9-8+,12-10-,16-13+/t18-,19+/m1/s1. The maximum atomic E-state index is 11.7. The Morgan fingerprint density at radius 2 is 2.00 bits per heavy atom. The number of carbonyl (C=O) groups excluding carboxylic acids is 1. The van der Waals surface area contributed by atoms with Gasteiger partial charge in [-0.1, -0.05) is 61.6 Å². The maximum Gasteiger partial charge on any atom is 0.306 e. The fraction of sp³-hybridized carbons (Fsp3) is 0.450. The van der Waals surface area contributed by atoms with Gasteiger partial charge in [0.1, 0.15) is 6.10 Å². The summed E-state index contributed by atoms with van der Waals surface area (Å²) in [4.78, 5) is 11.7. The highest BCUT2D eigenvalue weighted by molar-refractivity contribution is 5.69. The predicted octanol–water partition coefficient (Wildman–Crippen LogP) is 4.41. The van der Waals surface area contributed by atoms with Crippen molar-refractivity contribution >= 4 is 5.97 Å². The van der Waals surface area contributed by atoms with Crippen LogP contribution in [0.15, 0.2) is 60.8 Å². The summed E-state index contributed by atoms with van der Waals surface area (Å²) in [7, 11) is 0. The van der Waals surface area contributed by atoms with Crippen LogP contribution in [0.1, 0.15) is 45.4 Å². The normalized spacial score (nSPS) is 25.6. The zero-order valence-electron chi connectivity index (χ0n) is 13.9. The number of aliphatic hydroxyl groups is 1. The van der Waals surface area contributed by atoms with Gasteiger partial charge in [0, 0.05) is 6.42 Å². The van der Waals surface area contributed by atoms with Crippen LogP contribution in [-0.4, -0.2) is 23.3 Å². The Morgan fingerprint density at radius 1 is 1.17 bits per heavy atom. The van der Waals surface area contributed by atoms with Gasteiger partial charge in [0.25, 0.3) is 0 Å². The summed E-state index contributed by atoms with van der Waals surface area (Å²) in [6, 6.07) is 0. The summed E-state index contributed by atoms with van der Waals surface area (Å²) < 4.78 is 5.34. The van der Waals surface area contributed by atoms with E-state index < -0.39 is 12.2 Å². The lowest BCUT2D eigenvalue weighted by molar-refractivity contribution is -0.151. The van der Waals surface area contributed by atoms with Gasteiger partial charge in [-0.3, -0.25) is 4.79 Å². The number of allylic oxidation sites excluding steroid dienone is 8. The molecule has 23 heavy (non-hydrogen) atoms. The lowest BCUT2D eigenvalue weighted by atomic mass is 10.1. The Labute approximate surface area is 139 Å². The minimum Gasteiger partial charge on any atom is -0.455 e. The van der Waals surface area contributed by atoms with E-state index in [0.717, 1.165) is 25.7 Å². The molecule has 1 aliphatic heterocycles. The molecular formula is C20H28O3. The minimum absolute atomic E-state index is 0.249. The third-order valence-electron chi connectivity index (χ3n) is 3.39. The summed E-state index contributed by atoms with van der Waals surface area (Å²) in [5, 5.41) is 10.1. The van der Waals surface area contributed by atoms with Crippen LogP contribution in [0.25, 0.3) is 0 Å². The van der Waals surface area contributed by atoms with Crippen LogP contribution >= 0.6 is 0 Å². The third kappa shape index (κ3) is 9.69. The number of cyclic esters (lactones) is 1. The van der Waals surface area contributed by atoms with E-state index in [9.17, 15) is 9.90 Å². The van der Waals surface area contributed by atoms with Crippen molar-refractivity contribution in [2.75, 3.05) is 0 Å². The van der Waals surface area contributed by atoms with E-state index in [1.54, 1.807) is 6.08 Å². The topological polar surface area (TPSA) is 46.5 Å². The first-order valence-corrected chi connectivity index (χ1v) is 8.41. The Balaban J connectivity index is 2.49. The number of ether oxygens (including phenoxy) is 1. The smallest absolute Gasteiger partial charge is 0.306 e. The zero-order chi connectivity index (χ0) is 16.8. The fourth-order valence-corrected chi connectivity index (χ4v) is 2.11. The van der Waals surface area contributed by atoms with Crippen molar-refractivity contribution < 1.29 is 14.6 Å². The highest BCUT2D eigenvalue weighted by atomic mass is 16.6. The van der Waals surface area contributed by atoms with Crippen LogP contribution in [0.3, 0.4) is 0 Å². The fourth-order valence-electron chi connectivity index (χ4n) is 2.11. The van der Waals surface area contributed by atoms with Gasteiger partial charge in [-0.05, 0) is 38.2 Å². The summed E-state index contributed by atoms with van der Waals surface area (Å²) in [6.45, 7) is 2.11. The first kappa shape index (κ1) is 19.2. The van der Waals surface area contributed by atoms with Gasteiger partial charge in [-0.15, -0.1) is 0 Å². The molecule has 0 radical (unpaired) electrons. The highest BCUT2D eigenvalue weighted by Gasteiger charge is 2.20. The lowest BCUT2D eigenvalue weighted by Gasteiger charge is -2.20. The summed E-state index contributed by atoms with van der Waals surface area (Å²) in [5.41, 5.74) is 0. The van der Waals surface area contributed by atoms with E-state index in [1.165, 1.54) is 0 Å². The molecule has 0 bridgehead atoms. The SMILES string of the molecule is CC/C=C\C/C=C/C=C/C=C/[C@@H]1OC(=O)CCC/C=C\C[C@H]1O. The summed E-state index contributed by atoms with van der Waals surface area (Å²) in [5.74, 6) is -0.249. The molecule has 2 atom stereocenters. The van der Waals surface area contributed by atoms with Crippen molar-refractivity contribution in [2.24, 2.45) is 0 Å². The third-order valence-corrected chi connectivity index (χ3v) is 3.39. The Bertz CT molecular complexity index is 469. The molecule has 126 valence electrons. The van der Waals surface area contributed by atoms with Gasteiger partial charge in [0.05, 0.1) is 6.10 Å². The molecule has 1 N–H and O–H groups in total. The quantitative estimate of drug-likeness (QED) is 0.448. The van der Waals surface area contributed by atoms with Gasteiger partial charge >= 0.3 is 5.97 Å². The predicted molar refractivity (Wildman–Crippen MR) is 95.0 cm³/mol. The summed E-state index contributed by atoms with van der Waals surface area (Å²) >= 11 is 0. The average Bonchev–Trinajstić information content (AvgIpc) is 2.54. The monoisotopic (exact) mass is 316 g/mol. The van der Waals surface area contributed by atoms with Crippen LogP contribution in [0.5, 0.6) is 0 Å². The van der Waals surface area contributed by atoms with E-state index in [2.05, 4.69) is 25.2 Å². The number of aliphatic hydroxyl groups excluding tert-OH is 1. The van der Waals surface area contributed by atoms with Gasteiger partial charge in [0.15, 0.2) is 0 Å². The molecule has 0 saturated heterocycles. The maximum absolute atomic E-state index is 11.7. The Hall–Kier alpha value is -1.87. The van der Waals surface area contributed by atoms with Crippen molar-refractivity contribution in [1.82, 2.24) is 0 Å². The van der Waals surface area contributed by atoms with E-state index in [1.807, 2.05) is 36.5 Å². The molecule has 0 fully saturated rings. The minimum atomic E-state index is -0.701. The molecule has 0 saturated carbocycles. The van der Waals surface area contributed by atoms with Crippen LogP contribution in [-0.2, 0) is 9.53 Å². The molecule has 0 unspecified atom stereocenters. The van der Waals surface area contributed by atoms with Crippen molar-refractivity contribution in [3.63, 3.8) is 0 Å². The molecular weight excluding hydrogens is 288 g/mol. The molecule has 0 spiro atoms. The van der Waals surface area contributed by atoms with Crippen molar-refractivity contribution in [2.45, 2.75) is 57.7 Å². The van der Waals surface area contributed by atoms with Gasteiger partial charge in [-0.25, -0.2) is 0 Å². The molecule has 0 aromatic rings. The first-order chi connectivity index (χ1) is 11.2. The van der Waals surface area contributed by atoms with Crippen molar-refractivity contribution in [1.29, 1.82) is 0 Å². The van der Waals surface area contributed by atoms with Crippen molar-refractivity contribution in [3.8, 4) is 0 Å². The Morgan fingerprint density at radius 3 is 2.83 bits per heavy atom. The molecule has 0 aromatic carbocycles. The number of carbonyl (C=O) groups is 1. The molecule has 1 aliphatic rings. The van der Waals surface area contributed by atoms with Crippen LogP contribution in [0.4, 0.5) is 0 Å². The van der Waals surface area contributed by atoms with Gasteiger partial charge in [-0.2, -0.15) is 0 Å². The van der Waals surface area contributed by atoms with Gasteiger partial charge in [0.2, 0.25) is 0 Å². The molecule has 3 nitrogen and oxygen atoms in total. The second kappa shape index (κ2) is 12.7. The largest absolute Gasteiger partial charge is 0.455 e. The van der Waals surface area contributed by atoms with Crippen LogP contribution in [0, 0.1) is 0 Å². The van der Waals surface area contributed by atoms with E-state index in [0.29, 0.717) is 12.8 Å². The van der Waals surface area contributed by atoms with Gasteiger partial charge < -0.3 is 9.84 Å². The zero-order valence-corrected chi connectivity index (χ0v) is 13.9. The summed E-state index contributed by atoms with van der Waals surface area (Å²) in [6.07, 6.45) is 22.8. The Kier molecular flexibility index (Phi) is 10.5. The first-order valence-electron chi connectivity index (χ1n) is 8.41. The van der Waals surface area contributed by atoms with Crippen LogP contribution in [0.2, 0.25) is 0 Å². The number of hydrogen-bond donors (Lipinski definition) is 1. The molecule has 1 rings (SSSR count). The van der Waals surface area contributed by atoms with E-state index in [4.69, 9.17) is 4.74 Å². The number of esters is 1. The average molecular weight is 316 g/mol. The second-order valence-electron chi connectivity index (χ2n) is 5.43. The van der Waals surface area contributed by atoms with E-state index >= 15 is 0 Å². The van der Waals surface area contributed by atoms with E-state index in [-0.39, 0.29) is 5.97 Å². The van der Waals surface area contributed by atoms with Crippen molar-refractivity contribution in [3.05, 3.63) is 60.8 Å². The molecule has 3 heteroatoms. The highest BCUT2D eigenvalue weighted by Crippen LogP contribution is 2.12. The van der Waals surface area contributed by atoms with Crippen LogP contribution < -0.4 is 0 Å². The molecule has 0 aromatic heterocycles. The molecule has 1 heterocycles. The number of rotatable bonds is 6. The lowest BCUT2D eigenvalue weighted by Crippen LogP contribution is -2.29. The second-order valence-corrected chi connectivity index (χ2v) is 5.43. The number of hydrogen-bond acceptors (Lipinski definition) is 3. The molecule has 0 aliphatic carbocycles. The molecule has 0 amide bonds.